The van der Waals surface area contributed by atoms with Crippen LogP contribution in [0.2, 0.25) is 10.0 Å². The molecule has 2 rings (SSSR count). The number of methoxy groups -OCH3 is 1. The monoisotopic (exact) mass is 303 g/mol. The van der Waals surface area contributed by atoms with E-state index in [1.54, 1.807) is 19.2 Å². The van der Waals surface area contributed by atoms with Crippen LogP contribution < -0.4 is 10.1 Å². The second kappa shape index (κ2) is 5.99. The van der Waals surface area contributed by atoms with Crippen molar-refractivity contribution in [2.75, 3.05) is 13.7 Å². The quantitative estimate of drug-likeness (QED) is 0.901. The predicted octanol–water partition coefficient (Wildman–Crippen LogP) is 2.92. The van der Waals surface area contributed by atoms with Gasteiger partial charge in [0.2, 0.25) is 0 Å². The van der Waals surface area contributed by atoms with E-state index < -0.39 is 12.0 Å². The van der Waals surface area contributed by atoms with Crippen molar-refractivity contribution in [3.63, 3.8) is 0 Å². The van der Waals surface area contributed by atoms with Crippen molar-refractivity contribution in [3.05, 3.63) is 27.7 Å². The molecule has 2 unspecified atom stereocenters. The van der Waals surface area contributed by atoms with Crippen LogP contribution in [0.15, 0.2) is 12.1 Å². The highest BCUT2D eigenvalue weighted by Crippen LogP contribution is 2.42. The van der Waals surface area contributed by atoms with Gasteiger partial charge in [-0.25, -0.2) is 0 Å². The van der Waals surface area contributed by atoms with Gasteiger partial charge in [0.05, 0.1) is 17.2 Å². The van der Waals surface area contributed by atoms with E-state index in [0.29, 0.717) is 28.8 Å². The van der Waals surface area contributed by atoms with Gasteiger partial charge >= 0.3 is 5.97 Å². The number of aliphatic carboxylic acids is 1. The van der Waals surface area contributed by atoms with E-state index in [0.717, 1.165) is 12.0 Å². The van der Waals surface area contributed by atoms with Crippen LogP contribution in [0.5, 0.6) is 5.75 Å². The third kappa shape index (κ3) is 2.96. The third-order valence-electron chi connectivity index (χ3n) is 3.42. The first-order valence-electron chi connectivity index (χ1n) is 6.02. The summed E-state index contributed by atoms with van der Waals surface area (Å²) in [4.78, 5) is 11.1. The fourth-order valence-electron chi connectivity index (χ4n) is 2.47. The van der Waals surface area contributed by atoms with Crippen molar-refractivity contribution in [1.82, 2.24) is 5.32 Å². The number of piperidine rings is 1. The highest BCUT2D eigenvalue weighted by Gasteiger charge is 2.30. The first-order valence-corrected chi connectivity index (χ1v) is 6.78. The van der Waals surface area contributed by atoms with Crippen molar-refractivity contribution in [2.24, 2.45) is 0 Å². The Hall–Kier alpha value is -0.970. The van der Waals surface area contributed by atoms with Crippen molar-refractivity contribution < 1.29 is 14.6 Å². The molecule has 0 saturated carbocycles. The average molecular weight is 304 g/mol. The molecule has 104 valence electrons. The Balaban J connectivity index is 2.35. The number of halogens is 2. The molecule has 0 aromatic heterocycles. The third-order valence-corrected chi connectivity index (χ3v) is 4.24. The van der Waals surface area contributed by atoms with Crippen LogP contribution in [0.3, 0.4) is 0 Å². The van der Waals surface area contributed by atoms with Crippen LogP contribution in [0.4, 0.5) is 0 Å². The van der Waals surface area contributed by atoms with Crippen LogP contribution in [0.25, 0.3) is 0 Å². The minimum Gasteiger partial charge on any atom is -0.496 e. The Morgan fingerprint density at radius 3 is 2.84 bits per heavy atom. The van der Waals surface area contributed by atoms with E-state index in [9.17, 15) is 4.79 Å². The van der Waals surface area contributed by atoms with Gasteiger partial charge in [-0.2, -0.15) is 0 Å². The SMILES string of the molecule is COc1ccc(Cl)c(Cl)c1C1CCNC(C(=O)O)C1. The molecule has 1 aliphatic heterocycles. The van der Waals surface area contributed by atoms with E-state index >= 15 is 0 Å². The van der Waals surface area contributed by atoms with Gasteiger partial charge in [0.15, 0.2) is 0 Å². The molecule has 0 amide bonds. The van der Waals surface area contributed by atoms with Gasteiger partial charge in [0, 0.05) is 5.56 Å². The van der Waals surface area contributed by atoms with Gasteiger partial charge in [-0.15, -0.1) is 0 Å². The van der Waals surface area contributed by atoms with E-state index in [1.807, 2.05) is 0 Å². The van der Waals surface area contributed by atoms with Crippen molar-refractivity contribution in [3.8, 4) is 5.75 Å². The molecule has 1 fully saturated rings. The van der Waals surface area contributed by atoms with E-state index in [-0.39, 0.29) is 5.92 Å². The predicted molar refractivity (Wildman–Crippen MR) is 74.4 cm³/mol. The first kappa shape index (κ1) is 14.4. The molecule has 4 nitrogen and oxygen atoms in total. The maximum absolute atomic E-state index is 11.1. The molecule has 2 atom stereocenters. The highest BCUT2D eigenvalue weighted by molar-refractivity contribution is 6.42. The summed E-state index contributed by atoms with van der Waals surface area (Å²) < 4.78 is 5.32. The lowest BCUT2D eigenvalue weighted by Gasteiger charge is -2.29. The zero-order valence-corrected chi connectivity index (χ0v) is 12.0. The molecule has 1 aromatic rings. The normalized spacial score (nSPS) is 23.1. The highest BCUT2D eigenvalue weighted by atomic mass is 35.5. The van der Waals surface area contributed by atoms with Crippen molar-refractivity contribution >= 4 is 29.2 Å². The zero-order chi connectivity index (χ0) is 14.0. The molecule has 0 radical (unpaired) electrons. The van der Waals surface area contributed by atoms with E-state index in [4.69, 9.17) is 33.0 Å². The Morgan fingerprint density at radius 2 is 2.21 bits per heavy atom. The van der Waals surface area contributed by atoms with Gasteiger partial charge < -0.3 is 15.2 Å². The molecule has 1 saturated heterocycles. The van der Waals surface area contributed by atoms with Crippen LogP contribution in [0, 0.1) is 0 Å². The Morgan fingerprint density at radius 1 is 1.47 bits per heavy atom. The number of nitrogens with one attached hydrogen (secondary N) is 1. The molecule has 1 aromatic carbocycles. The molecule has 2 N–H and O–H groups in total. The van der Waals surface area contributed by atoms with Crippen LogP contribution in [0.1, 0.15) is 24.3 Å². The zero-order valence-electron chi connectivity index (χ0n) is 10.5. The summed E-state index contributed by atoms with van der Waals surface area (Å²) in [5.41, 5.74) is 0.810. The second-order valence-corrected chi connectivity index (χ2v) is 5.33. The van der Waals surface area contributed by atoms with Gasteiger partial charge in [0.1, 0.15) is 11.8 Å². The fraction of sp³-hybridized carbons (Fsp3) is 0.462. The summed E-state index contributed by atoms with van der Waals surface area (Å²) in [5, 5.41) is 13.0. The lowest BCUT2D eigenvalue weighted by atomic mass is 9.86. The molecule has 1 heterocycles. The summed E-state index contributed by atoms with van der Waals surface area (Å²) in [6, 6.07) is 2.89. The molecule has 0 spiro atoms. The smallest absolute Gasteiger partial charge is 0.320 e. The first-order chi connectivity index (χ1) is 9.04. The Bertz CT molecular complexity index is 493. The number of carboxylic acid groups (broad SMARTS) is 1. The van der Waals surface area contributed by atoms with Gasteiger partial charge in [-0.1, -0.05) is 23.2 Å². The Labute approximate surface area is 121 Å². The van der Waals surface area contributed by atoms with Crippen molar-refractivity contribution in [2.45, 2.75) is 24.8 Å². The topological polar surface area (TPSA) is 58.6 Å². The van der Waals surface area contributed by atoms with Crippen LogP contribution in [-0.4, -0.2) is 30.8 Å². The van der Waals surface area contributed by atoms with E-state index in [1.165, 1.54) is 0 Å². The van der Waals surface area contributed by atoms with Crippen molar-refractivity contribution in [1.29, 1.82) is 0 Å². The maximum Gasteiger partial charge on any atom is 0.320 e. The molecular weight excluding hydrogens is 289 g/mol. The molecule has 0 aliphatic carbocycles. The largest absolute Gasteiger partial charge is 0.496 e. The summed E-state index contributed by atoms with van der Waals surface area (Å²) >= 11 is 12.3. The lowest BCUT2D eigenvalue weighted by Crippen LogP contribution is -2.42. The fourth-order valence-corrected chi connectivity index (χ4v) is 2.95. The number of carbonyl (C=O) groups is 1. The molecule has 1 aliphatic rings. The van der Waals surface area contributed by atoms with E-state index in [2.05, 4.69) is 5.32 Å². The Kier molecular flexibility index (Phi) is 4.55. The van der Waals surface area contributed by atoms with Gasteiger partial charge in [-0.05, 0) is 37.4 Å². The second-order valence-electron chi connectivity index (χ2n) is 4.54. The molecule has 6 heteroatoms. The summed E-state index contributed by atoms with van der Waals surface area (Å²) in [5.74, 6) is -0.157. The van der Waals surface area contributed by atoms with Crippen LogP contribution in [-0.2, 0) is 4.79 Å². The maximum atomic E-state index is 11.1. The van der Waals surface area contributed by atoms with Gasteiger partial charge in [-0.3, -0.25) is 4.79 Å². The standard InChI is InChI=1S/C13H15Cl2NO3/c1-19-10-3-2-8(14)12(15)11(10)7-4-5-16-9(6-7)13(17)18/h2-3,7,9,16H,4-6H2,1H3,(H,17,18). The minimum atomic E-state index is -0.846. The number of rotatable bonds is 3. The number of benzene rings is 1. The number of ether oxygens (including phenoxy) is 1. The summed E-state index contributed by atoms with van der Waals surface area (Å²) in [6.07, 6.45) is 1.28. The number of hydrogen-bond donors (Lipinski definition) is 2. The minimum absolute atomic E-state index is 0.0310. The molecule has 19 heavy (non-hydrogen) atoms. The van der Waals surface area contributed by atoms with Gasteiger partial charge in [0.25, 0.3) is 0 Å². The average Bonchev–Trinajstić information content (AvgIpc) is 2.41. The van der Waals surface area contributed by atoms with Crippen LogP contribution >= 0.6 is 23.2 Å². The number of carboxylic acids is 1. The summed E-state index contributed by atoms with van der Waals surface area (Å²) in [6.45, 7) is 0.633. The molecular formula is C13H15Cl2NO3. The number of hydrogen-bond acceptors (Lipinski definition) is 3. The molecule has 0 bridgehead atoms. The summed E-state index contributed by atoms with van der Waals surface area (Å²) in [7, 11) is 1.57. The lowest BCUT2D eigenvalue weighted by molar-refractivity contribution is -0.140.